The van der Waals surface area contributed by atoms with Crippen molar-refractivity contribution in [1.82, 2.24) is 14.9 Å². The summed E-state index contributed by atoms with van der Waals surface area (Å²) in [6, 6.07) is 5.89. The standard InChI is InChI=1S/C19H24N4O3/c1-13-9-14(2)11-15(10-13)22-19(24)23-8-4-5-16(12-23)26-18-17(25-3)20-6-7-21-18/h6-7,9-11,16H,4-5,8,12H2,1-3H3,(H,22,24). The molecule has 1 N–H and O–H groups in total. The number of carbonyl (C=O) groups is 1. The maximum absolute atomic E-state index is 12.6. The zero-order chi connectivity index (χ0) is 18.5. The van der Waals surface area contributed by atoms with Gasteiger partial charge in [-0.2, -0.15) is 0 Å². The fourth-order valence-corrected chi connectivity index (χ4v) is 3.16. The monoisotopic (exact) mass is 356 g/mol. The van der Waals surface area contributed by atoms with Gasteiger partial charge in [-0.05, 0) is 49.9 Å². The predicted octanol–water partition coefficient (Wildman–Crippen LogP) is 3.18. The van der Waals surface area contributed by atoms with Gasteiger partial charge < -0.3 is 19.7 Å². The average molecular weight is 356 g/mol. The minimum absolute atomic E-state index is 0.116. The van der Waals surface area contributed by atoms with Crippen molar-refractivity contribution in [3.8, 4) is 11.8 Å². The van der Waals surface area contributed by atoms with Crippen LogP contribution in [0.1, 0.15) is 24.0 Å². The molecule has 2 aromatic rings. The number of ether oxygens (including phenoxy) is 2. The Morgan fingerprint density at radius 2 is 1.85 bits per heavy atom. The van der Waals surface area contributed by atoms with Crippen molar-refractivity contribution in [3.63, 3.8) is 0 Å². The summed E-state index contributed by atoms with van der Waals surface area (Å²) in [4.78, 5) is 22.6. The number of amides is 2. The van der Waals surface area contributed by atoms with E-state index >= 15 is 0 Å². The number of aromatic nitrogens is 2. The summed E-state index contributed by atoms with van der Waals surface area (Å²) in [5.41, 5.74) is 3.05. The van der Waals surface area contributed by atoms with Crippen LogP contribution in [0.5, 0.6) is 11.8 Å². The molecule has 7 nitrogen and oxygen atoms in total. The lowest BCUT2D eigenvalue weighted by molar-refractivity contribution is 0.0988. The minimum atomic E-state index is -0.139. The number of likely N-dealkylation sites (tertiary alicyclic amines) is 1. The number of urea groups is 1. The summed E-state index contributed by atoms with van der Waals surface area (Å²) < 4.78 is 11.1. The first-order valence-corrected chi connectivity index (χ1v) is 8.71. The van der Waals surface area contributed by atoms with Crippen LogP contribution in [-0.4, -0.2) is 47.2 Å². The Bertz CT molecular complexity index is 761. The van der Waals surface area contributed by atoms with Crippen molar-refractivity contribution in [2.45, 2.75) is 32.8 Å². The van der Waals surface area contributed by atoms with E-state index in [4.69, 9.17) is 9.47 Å². The molecule has 7 heteroatoms. The first kappa shape index (κ1) is 18.0. The summed E-state index contributed by atoms with van der Waals surface area (Å²) in [5.74, 6) is 0.709. The molecule has 1 aromatic heterocycles. The molecule has 0 aliphatic carbocycles. The highest BCUT2D eigenvalue weighted by molar-refractivity contribution is 5.89. The molecule has 1 saturated heterocycles. The van der Waals surface area contributed by atoms with E-state index in [0.29, 0.717) is 24.8 Å². The smallest absolute Gasteiger partial charge is 0.321 e. The van der Waals surface area contributed by atoms with E-state index in [-0.39, 0.29) is 12.1 Å². The highest BCUT2D eigenvalue weighted by Gasteiger charge is 2.26. The van der Waals surface area contributed by atoms with Gasteiger partial charge in [-0.3, -0.25) is 0 Å². The van der Waals surface area contributed by atoms with Crippen LogP contribution in [0.2, 0.25) is 0 Å². The van der Waals surface area contributed by atoms with Crippen LogP contribution in [0.3, 0.4) is 0 Å². The third kappa shape index (κ3) is 4.41. The second-order valence-corrected chi connectivity index (χ2v) is 6.51. The van der Waals surface area contributed by atoms with E-state index in [2.05, 4.69) is 21.4 Å². The van der Waals surface area contributed by atoms with Gasteiger partial charge in [0.15, 0.2) is 0 Å². The van der Waals surface area contributed by atoms with Gasteiger partial charge in [0.2, 0.25) is 0 Å². The molecule has 0 bridgehead atoms. The van der Waals surface area contributed by atoms with Gasteiger partial charge in [-0.15, -0.1) is 0 Å². The Balaban J connectivity index is 1.63. The average Bonchev–Trinajstić information content (AvgIpc) is 2.61. The summed E-state index contributed by atoms with van der Waals surface area (Å²) in [6.07, 6.45) is 4.70. The summed E-state index contributed by atoms with van der Waals surface area (Å²) in [6.45, 7) is 5.23. The molecule has 1 aliphatic heterocycles. The summed E-state index contributed by atoms with van der Waals surface area (Å²) >= 11 is 0. The van der Waals surface area contributed by atoms with Crippen LogP contribution < -0.4 is 14.8 Å². The maximum Gasteiger partial charge on any atom is 0.321 e. The van der Waals surface area contributed by atoms with E-state index in [9.17, 15) is 4.79 Å². The van der Waals surface area contributed by atoms with Crippen LogP contribution in [-0.2, 0) is 0 Å². The van der Waals surface area contributed by atoms with Gasteiger partial charge >= 0.3 is 6.03 Å². The van der Waals surface area contributed by atoms with Crippen molar-refractivity contribution >= 4 is 11.7 Å². The normalized spacial score (nSPS) is 16.9. The number of anilines is 1. The van der Waals surface area contributed by atoms with Gasteiger partial charge in [0.1, 0.15) is 6.10 Å². The lowest BCUT2D eigenvalue weighted by atomic mass is 10.1. The zero-order valence-corrected chi connectivity index (χ0v) is 15.4. The molecule has 1 aliphatic rings. The number of benzene rings is 1. The van der Waals surface area contributed by atoms with Crippen LogP contribution in [0.4, 0.5) is 10.5 Å². The highest BCUT2D eigenvalue weighted by atomic mass is 16.5. The molecule has 1 atom stereocenters. The number of hydrogen-bond acceptors (Lipinski definition) is 5. The van der Waals surface area contributed by atoms with Crippen molar-refractivity contribution < 1.29 is 14.3 Å². The Hall–Kier alpha value is -2.83. The fraction of sp³-hybridized carbons (Fsp3) is 0.421. The molecule has 1 aromatic carbocycles. The van der Waals surface area contributed by atoms with Crippen LogP contribution in [0.25, 0.3) is 0 Å². The largest absolute Gasteiger partial charge is 0.477 e. The molecular weight excluding hydrogens is 332 g/mol. The number of aryl methyl sites for hydroxylation is 2. The zero-order valence-electron chi connectivity index (χ0n) is 15.4. The second kappa shape index (κ2) is 8.03. The Morgan fingerprint density at radius 3 is 2.54 bits per heavy atom. The van der Waals surface area contributed by atoms with E-state index in [1.54, 1.807) is 17.3 Å². The minimum Gasteiger partial charge on any atom is -0.477 e. The summed E-state index contributed by atoms with van der Waals surface area (Å²) in [7, 11) is 1.53. The number of hydrogen-bond donors (Lipinski definition) is 1. The van der Waals surface area contributed by atoms with Crippen molar-refractivity contribution in [2.75, 3.05) is 25.5 Å². The molecule has 0 spiro atoms. The van der Waals surface area contributed by atoms with Crippen LogP contribution in [0, 0.1) is 13.8 Å². The van der Waals surface area contributed by atoms with Gasteiger partial charge in [0, 0.05) is 24.6 Å². The van der Waals surface area contributed by atoms with E-state index in [1.807, 2.05) is 26.0 Å². The second-order valence-electron chi connectivity index (χ2n) is 6.51. The fourth-order valence-electron chi connectivity index (χ4n) is 3.16. The molecule has 2 heterocycles. The third-order valence-electron chi connectivity index (χ3n) is 4.24. The lowest BCUT2D eigenvalue weighted by Crippen LogP contribution is -2.46. The highest BCUT2D eigenvalue weighted by Crippen LogP contribution is 2.24. The molecular formula is C19H24N4O3. The molecule has 2 amide bonds. The van der Waals surface area contributed by atoms with Gasteiger partial charge in [0.05, 0.1) is 13.7 Å². The molecule has 1 fully saturated rings. The number of piperidine rings is 1. The van der Waals surface area contributed by atoms with E-state index in [1.165, 1.54) is 7.11 Å². The van der Waals surface area contributed by atoms with E-state index in [0.717, 1.165) is 29.7 Å². The maximum atomic E-state index is 12.6. The Kier molecular flexibility index (Phi) is 5.55. The molecule has 3 rings (SSSR count). The first-order valence-electron chi connectivity index (χ1n) is 8.71. The summed E-state index contributed by atoms with van der Waals surface area (Å²) in [5, 5.41) is 2.98. The van der Waals surface area contributed by atoms with Crippen molar-refractivity contribution in [2.24, 2.45) is 0 Å². The number of nitrogens with zero attached hydrogens (tertiary/aromatic N) is 3. The van der Waals surface area contributed by atoms with Gasteiger partial charge in [-0.25, -0.2) is 14.8 Å². The predicted molar refractivity (Wildman–Crippen MR) is 98.7 cm³/mol. The lowest BCUT2D eigenvalue weighted by Gasteiger charge is -2.32. The number of rotatable bonds is 4. The number of methoxy groups -OCH3 is 1. The molecule has 0 saturated carbocycles. The molecule has 1 unspecified atom stereocenters. The van der Waals surface area contributed by atoms with Crippen molar-refractivity contribution in [3.05, 3.63) is 41.7 Å². The van der Waals surface area contributed by atoms with Crippen LogP contribution >= 0.6 is 0 Å². The van der Waals surface area contributed by atoms with Gasteiger partial charge in [0.25, 0.3) is 11.8 Å². The Morgan fingerprint density at radius 1 is 1.15 bits per heavy atom. The SMILES string of the molecule is COc1nccnc1OC1CCCN(C(=O)Nc2cc(C)cc(C)c2)C1. The van der Waals surface area contributed by atoms with Crippen LogP contribution in [0.15, 0.2) is 30.6 Å². The third-order valence-corrected chi connectivity index (χ3v) is 4.24. The van der Waals surface area contributed by atoms with Crippen molar-refractivity contribution in [1.29, 1.82) is 0 Å². The number of nitrogens with one attached hydrogen (secondary N) is 1. The Labute approximate surface area is 153 Å². The first-order chi connectivity index (χ1) is 12.5. The topological polar surface area (TPSA) is 76.6 Å². The number of carbonyl (C=O) groups excluding carboxylic acids is 1. The van der Waals surface area contributed by atoms with E-state index < -0.39 is 0 Å². The molecule has 138 valence electrons. The quantitative estimate of drug-likeness (QED) is 0.910. The molecule has 0 radical (unpaired) electrons. The molecule has 26 heavy (non-hydrogen) atoms. The van der Waals surface area contributed by atoms with Gasteiger partial charge in [-0.1, -0.05) is 6.07 Å².